The minimum Gasteiger partial charge on any atom is -0.370 e. The Hall–Kier alpha value is 1.79. The molecule has 0 aromatic heterocycles. The summed E-state index contributed by atoms with van der Waals surface area (Å²) in [7, 11) is 0. The summed E-state index contributed by atoms with van der Waals surface area (Å²) in [5.41, 5.74) is 0. The quantitative estimate of drug-likeness (QED) is 0.588. The van der Waals surface area contributed by atoms with E-state index in [0.29, 0.717) is 5.92 Å². The maximum Gasteiger partial charge on any atom is 2.00 e. The summed E-state index contributed by atoms with van der Waals surface area (Å²) in [6, 6.07) is 0. The topological polar surface area (TPSA) is 0 Å². The minimum atomic E-state index is 0. The predicted octanol–water partition coefficient (Wildman–Crippen LogP) is 1.74. The Labute approximate surface area is 87.0 Å². The molecule has 7 heavy (non-hydrogen) atoms. The monoisotopic (exact) mass is 344 g/mol. The second-order valence-corrected chi connectivity index (χ2v) is 1.11. The summed E-state index contributed by atoms with van der Waals surface area (Å²) in [5.74, 6) is 0.333. The molecule has 0 spiro atoms. The van der Waals surface area contributed by atoms with Gasteiger partial charge in [0, 0.05) is 32.7 Å². The molecule has 0 aliphatic rings. The van der Waals surface area contributed by atoms with E-state index in [9.17, 15) is 0 Å². The molecule has 0 aliphatic heterocycles. The first-order valence-corrected chi connectivity index (χ1v) is 1.39. The van der Waals surface area contributed by atoms with Crippen molar-refractivity contribution in [1.29, 1.82) is 0 Å². The van der Waals surface area contributed by atoms with Crippen LogP contribution in [0.2, 0.25) is 0 Å². The van der Waals surface area contributed by atoms with Gasteiger partial charge in [0.15, 0.2) is 0 Å². The normalized spacial score (nSPS) is 5.14. The van der Waals surface area contributed by atoms with Gasteiger partial charge in [-0.1, -0.05) is 0 Å². The van der Waals surface area contributed by atoms with Crippen molar-refractivity contribution < 1.29 is 53.8 Å². The van der Waals surface area contributed by atoms with E-state index in [1.807, 2.05) is 6.92 Å². The fraction of sp³-hybridized carbons (Fsp3) is 0.400. The van der Waals surface area contributed by atoms with Crippen LogP contribution in [-0.2, 0) is 53.8 Å². The maximum atomic E-state index is 3.53. The van der Waals surface area contributed by atoms with Gasteiger partial charge in [-0.2, -0.15) is 0 Å². The third kappa shape index (κ3) is 81.4. The van der Waals surface area contributed by atoms with Gasteiger partial charge in [0.25, 0.3) is 0 Å². The minimum absolute atomic E-state index is 0. The fourth-order valence-electron chi connectivity index (χ4n) is 0. The van der Waals surface area contributed by atoms with E-state index in [-0.39, 0.29) is 61.2 Å². The summed E-state index contributed by atoms with van der Waals surface area (Å²) >= 11 is 0. The summed E-state index contributed by atoms with van der Waals surface area (Å²) in [6.45, 7) is 9.00. The Morgan fingerprint density at radius 1 is 1.29 bits per heavy atom. The zero-order chi connectivity index (χ0) is 3.58. The van der Waals surface area contributed by atoms with Crippen molar-refractivity contribution >= 4 is 0 Å². The molecule has 0 nitrogen and oxygen atoms in total. The van der Waals surface area contributed by atoms with Crippen LogP contribution in [0.1, 0.15) is 6.92 Å². The van der Waals surface area contributed by atoms with E-state index in [0.717, 1.165) is 0 Å². The predicted molar refractivity (Wildman–Crippen MR) is 26.3 cm³/mol. The average Bonchev–Trinajstić information content (AvgIpc) is 0.811. The smallest absolute Gasteiger partial charge is 0.370 e. The summed E-state index contributed by atoms with van der Waals surface area (Å²) in [4.78, 5) is 0. The van der Waals surface area contributed by atoms with Crippen molar-refractivity contribution in [3.63, 3.8) is 0 Å². The molecule has 0 bridgehead atoms. The van der Waals surface area contributed by atoms with Crippen molar-refractivity contribution in [3.8, 4) is 0 Å². The molecule has 1 radical (unpaired) electrons. The Morgan fingerprint density at radius 2 is 1.29 bits per heavy atom. The van der Waals surface area contributed by atoms with Gasteiger partial charge in [0.1, 0.15) is 0 Å². The standard InChI is InChI=1S/C4H8.CH3.W.Y/c1-4(2)3;;;/h4H,1-2H2,3H3;1H3;;/q-2;-1;+2;. The first-order chi connectivity index (χ1) is 1.73. The molecular weight excluding hydrogens is 333 g/mol. The summed E-state index contributed by atoms with van der Waals surface area (Å²) < 4.78 is 0. The fourth-order valence-corrected chi connectivity index (χ4v) is 0. The molecule has 0 aromatic carbocycles. The van der Waals surface area contributed by atoms with Crippen LogP contribution in [0.4, 0.5) is 0 Å². The molecule has 2 heteroatoms. The van der Waals surface area contributed by atoms with Gasteiger partial charge in [-0.25, -0.2) is 0 Å². The summed E-state index contributed by atoms with van der Waals surface area (Å²) in [5, 5.41) is 0. The molecule has 0 N–H and O–H groups in total. The van der Waals surface area contributed by atoms with Gasteiger partial charge >= 0.3 is 21.1 Å². The van der Waals surface area contributed by atoms with Gasteiger partial charge in [0.05, 0.1) is 0 Å². The number of hydrogen-bond acceptors (Lipinski definition) is 0. The Balaban J connectivity index is -0.0000000150. The van der Waals surface area contributed by atoms with Crippen LogP contribution >= 0.6 is 0 Å². The van der Waals surface area contributed by atoms with Gasteiger partial charge in [0.2, 0.25) is 0 Å². The van der Waals surface area contributed by atoms with E-state index in [1.165, 1.54) is 0 Å². The largest absolute Gasteiger partial charge is 2.00 e. The molecule has 0 fully saturated rings. The van der Waals surface area contributed by atoms with Crippen LogP contribution in [0.25, 0.3) is 0 Å². The zero-order valence-corrected chi connectivity index (χ0v) is 10.7. The first-order valence-electron chi connectivity index (χ1n) is 1.39. The van der Waals surface area contributed by atoms with Crippen LogP contribution in [-0.4, -0.2) is 0 Å². The molecule has 41 valence electrons. The van der Waals surface area contributed by atoms with Crippen molar-refractivity contribution in [2.24, 2.45) is 5.92 Å². The molecule has 0 heterocycles. The van der Waals surface area contributed by atoms with E-state index >= 15 is 0 Å². The van der Waals surface area contributed by atoms with Crippen LogP contribution in [0, 0.1) is 27.2 Å². The Kier molecular flexibility index (Phi) is 52.0. The zero-order valence-electron chi connectivity index (χ0n) is 4.98. The first kappa shape index (κ1) is 23.2. The van der Waals surface area contributed by atoms with Gasteiger partial charge < -0.3 is 27.2 Å². The molecule has 0 aliphatic carbocycles. The molecular formula is C5H11WY-. The average molecular weight is 344 g/mol. The second-order valence-electron chi connectivity index (χ2n) is 1.11. The molecule has 0 rings (SSSR count). The molecule has 0 saturated carbocycles. The molecule has 0 atom stereocenters. The molecule has 0 unspecified atom stereocenters. The van der Waals surface area contributed by atoms with Crippen LogP contribution in [0.5, 0.6) is 0 Å². The van der Waals surface area contributed by atoms with Crippen molar-refractivity contribution in [3.05, 3.63) is 21.3 Å². The number of hydrogen-bond donors (Lipinski definition) is 0. The van der Waals surface area contributed by atoms with E-state index in [2.05, 4.69) is 13.8 Å². The Morgan fingerprint density at radius 3 is 1.29 bits per heavy atom. The second kappa shape index (κ2) is 15.7. The number of rotatable bonds is 0. The van der Waals surface area contributed by atoms with Crippen molar-refractivity contribution in [2.75, 3.05) is 0 Å². The van der Waals surface area contributed by atoms with Crippen LogP contribution < -0.4 is 0 Å². The van der Waals surface area contributed by atoms with Crippen molar-refractivity contribution in [2.45, 2.75) is 6.92 Å². The SMILES string of the molecule is [CH2-]C([CH2-])C.[CH3-].[W+2].[Y]. The molecule has 0 aromatic rings. The molecule has 0 saturated heterocycles. The Bertz CT molecular complexity index is 12.8. The van der Waals surface area contributed by atoms with Gasteiger partial charge in [-0.05, 0) is 0 Å². The van der Waals surface area contributed by atoms with Crippen LogP contribution in [0.3, 0.4) is 0 Å². The van der Waals surface area contributed by atoms with Crippen LogP contribution in [0.15, 0.2) is 0 Å². The van der Waals surface area contributed by atoms with Gasteiger partial charge in [-0.3, -0.25) is 0 Å². The third-order valence-corrected chi connectivity index (χ3v) is 0. The van der Waals surface area contributed by atoms with E-state index in [4.69, 9.17) is 0 Å². The van der Waals surface area contributed by atoms with E-state index < -0.39 is 0 Å². The van der Waals surface area contributed by atoms with Gasteiger partial charge in [-0.15, -0.1) is 6.92 Å². The maximum absolute atomic E-state index is 3.53. The van der Waals surface area contributed by atoms with Crippen molar-refractivity contribution in [1.82, 2.24) is 0 Å². The summed E-state index contributed by atoms with van der Waals surface area (Å²) in [6.07, 6.45) is 0. The third-order valence-electron chi connectivity index (χ3n) is 0. The van der Waals surface area contributed by atoms with E-state index in [1.54, 1.807) is 0 Å². The molecule has 0 amide bonds.